The van der Waals surface area contributed by atoms with Crippen LogP contribution in [0.15, 0.2) is 24.3 Å². The van der Waals surface area contributed by atoms with Crippen LogP contribution in [0, 0.1) is 0 Å². The van der Waals surface area contributed by atoms with Crippen LogP contribution in [-0.2, 0) is 6.42 Å². The molecule has 1 amide bonds. The first-order valence-corrected chi connectivity index (χ1v) is 4.81. The molecule has 0 saturated heterocycles. The molecule has 0 spiro atoms. The maximum atomic E-state index is 10.9. The molecule has 6 radical (unpaired) electrons. The summed E-state index contributed by atoms with van der Waals surface area (Å²) in [6, 6.07) is 7.15. The van der Waals surface area contributed by atoms with Gasteiger partial charge in [0.25, 0.3) is 5.91 Å². The fraction of sp³-hybridized carbons (Fsp3) is 0.222. The Morgan fingerprint density at radius 2 is 2.00 bits per heavy atom. The van der Waals surface area contributed by atoms with E-state index in [0.717, 1.165) is 12.0 Å². The van der Waals surface area contributed by atoms with Gasteiger partial charge in [0.2, 0.25) is 0 Å². The van der Waals surface area contributed by atoms with E-state index >= 15 is 0 Å². The van der Waals surface area contributed by atoms with E-state index < -0.39 is 12.3 Å². The standard InChI is InChI=1S/C9H11NO2.B4/c1-2-7-4-3-5-8(6-7)9(11)10-12;1-4(2)3/h3-6,12H,2H2,1H3,(H,10,11);. The summed E-state index contributed by atoms with van der Waals surface area (Å²) in [5.74, 6) is -0.467. The highest BCUT2D eigenvalue weighted by molar-refractivity contribution is 7.49. The van der Waals surface area contributed by atoms with Crippen molar-refractivity contribution in [3.63, 3.8) is 0 Å². The molecule has 0 atom stereocenters. The molecule has 0 aliphatic rings. The number of carbonyl (C=O) groups excluding carboxylic acids is 1. The Labute approximate surface area is 100 Å². The Kier molecular flexibility index (Phi) is 7.55. The van der Waals surface area contributed by atoms with Crippen LogP contribution in [0.5, 0.6) is 0 Å². The van der Waals surface area contributed by atoms with Crippen molar-refractivity contribution in [3.8, 4) is 0 Å². The van der Waals surface area contributed by atoms with Crippen LogP contribution in [0.4, 0.5) is 0 Å². The molecule has 1 aromatic rings. The predicted molar refractivity (Wildman–Crippen MR) is 68.1 cm³/mol. The molecular weight excluding hydrogens is 197 g/mol. The molecule has 7 heteroatoms. The number of carbonyl (C=O) groups is 1. The van der Waals surface area contributed by atoms with E-state index in [1.165, 1.54) is 0 Å². The Hall–Kier alpha value is -1.09. The lowest BCUT2D eigenvalue weighted by molar-refractivity contribution is 0.0706. The van der Waals surface area contributed by atoms with Gasteiger partial charge >= 0.3 is 0 Å². The molecule has 0 fully saturated rings. The molecule has 76 valence electrons. The molecule has 0 bridgehead atoms. The second-order valence-electron chi connectivity index (χ2n) is 3.07. The van der Waals surface area contributed by atoms with Crippen LogP contribution in [0.2, 0.25) is 0 Å². The van der Waals surface area contributed by atoms with Crippen LogP contribution in [-0.4, -0.2) is 40.7 Å². The zero-order chi connectivity index (χ0) is 12.6. The molecule has 16 heavy (non-hydrogen) atoms. The van der Waals surface area contributed by atoms with E-state index in [0.29, 0.717) is 5.56 Å². The van der Waals surface area contributed by atoms with Crippen LogP contribution in [0.3, 0.4) is 0 Å². The first-order valence-electron chi connectivity index (χ1n) is 4.81. The van der Waals surface area contributed by atoms with Gasteiger partial charge < -0.3 is 0 Å². The second kappa shape index (κ2) is 8.11. The number of benzene rings is 1. The highest BCUT2D eigenvalue weighted by Crippen LogP contribution is 2.05. The van der Waals surface area contributed by atoms with Crippen molar-refractivity contribution in [3.05, 3.63) is 35.4 Å². The molecule has 0 saturated carbocycles. The van der Waals surface area contributed by atoms with E-state index in [1.54, 1.807) is 23.7 Å². The molecule has 0 aliphatic carbocycles. The van der Waals surface area contributed by atoms with Crippen molar-refractivity contribution in [1.29, 1.82) is 0 Å². The average Bonchev–Trinajstić information content (AvgIpc) is 2.27. The number of nitrogens with one attached hydrogen (secondary N) is 1. The summed E-state index contributed by atoms with van der Waals surface area (Å²) in [5, 5.41) is 8.35. The summed E-state index contributed by atoms with van der Waals surface area (Å²) < 4.78 is 0. The van der Waals surface area contributed by atoms with Gasteiger partial charge in [-0.15, -0.1) is 0 Å². The number of hydrogen-bond donors (Lipinski definition) is 2. The SMILES string of the molecule is CCc1cccc(C(=O)NO)c1.[B]B([B])[B]. The monoisotopic (exact) mass is 209 g/mol. The molecule has 3 nitrogen and oxygen atoms in total. The third kappa shape index (κ3) is 6.40. The lowest BCUT2D eigenvalue weighted by Gasteiger charge is -2.00. The van der Waals surface area contributed by atoms with Gasteiger partial charge in [-0.25, -0.2) is 5.48 Å². The first kappa shape index (κ1) is 14.9. The van der Waals surface area contributed by atoms with Gasteiger partial charge in [0, 0.05) is 35.2 Å². The van der Waals surface area contributed by atoms with Gasteiger partial charge in [-0.2, -0.15) is 0 Å². The van der Waals surface area contributed by atoms with Gasteiger partial charge in [0.15, 0.2) is 0 Å². The van der Waals surface area contributed by atoms with Crippen molar-refractivity contribution in [2.24, 2.45) is 0 Å². The maximum absolute atomic E-state index is 10.9. The number of hydroxylamine groups is 1. The number of aryl methyl sites for hydroxylation is 1. The van der Waals surface area contributed by atoms with E-state index in [4.69, 9.17) is 5.21 Å². The topological polar surface area (TPSA) is 49.3 Å². The minimum absolute atomic E-state index is 0.467. The summed E-state index contributed by atoms with van der Waals surface area (Å²) in [5.41, 5.74) is 3.16. The lowest BCUT2D eigenvalue weighted by Crippen LogP contribution is -2.18. The Morgan fingerprint density at radius 1 is 1.44 bits per heavy atom. The lowest BCUT2D eigenvalue weighted by atomic mass is 9.08. The van der Waals surface area contributed by atoms with Crippen molar-refractivity contribution < 1.29 is 10.0 Å². The third-order valence-electron chi connectivity index (χ3n) is 1.70. The van der Waals surface area contributed by atoms with Crippen molar-refractivity contribution >= 4 is 35.5 Å². The molecule has 1 aromatic carbocycles. The van der Waals surface area contributed by atoms with Crippen LogP contribution < -0.4 is 5.48 Å². The summed E-state index contributed by atoms with van der Waals surface area (Å²) in [6.07, 6.45) is 0.215. The van der Waals surface area contributed by atoms with E-state index in [1.807, 2.05) is 13.0 Å². The van der Waals surface area contributed by atoms with Gasteiger partial charge in [-0.3, -0.25) is 10.0 Å². The van der Waals surface area contributed by atoms with E-state index in [2.05, 4.69) is 23.2 Å². The molecule has 0 heterocycles. The van der Waals surface area contributed by atoms with Crippen molar-refractivity contribution in [2.45, 2.75) is 13.3 Å². The fourth-order valence-electron chi connectivity index (χ4n) is 0.997. The minimum atomic E-state index is -0.667. The highest BCUT2D eigenvalue weighted by atomic mass is 16.5. The second-order valence-corrected chi connectivity index (χ2v) is 3.07. The Morgan fingerprint density at radius 3 is 2.44 bits per heavy atom. The fourth-order valence-corrected chi connectivity index (χ4v) is 0.997. The third-order valence-corrected chi connectivity index (χ3v) is 1.70. The van der Waals surface area contributed by atoms with Gasteiger partial charge in [-0.05, 0) is 24.1 Å². The van der Waals surface area contributed by atoms with E-state index in [9.17, 15) is 4.79 Å². The average molecular weight is 208 g/mol. The Balaban J connectivity index is 0.000000487. The van der Waals surface area contributed by atoms with Gasteiger partial charge in [-0.1, -0.05) is 19.1 Å². The van der Waals surface area contributed by atoms with Crippen molar-refractivity contribution in [1.82, 2.24) is 5.48 Å². The molecular formula is C9H11B4NO2. The molecule has 0 aliphatic heterocycles. The number of rotatable bonds is 2. The summed E-state index contributed by atoms with van der Waals surface area (Å²) in [7, 11) is 14.0. The summed E-state index contributed by atoms with van der Waals surface area (Å²) in [6.45, 7) is 2.01. The summed E-state index contributed by atoms with van der Waals surface area (Å²) >= 11 is 0. The van der Waals surface area contributed by atoms with E-state index in [-0.39, 0.29) is 0 Å². The predicted octanol–water partition coefficient (Wildman–Crippen LogP) is -0.155. The molecule has 0 unspecified atom stereocenters. The zero-order valence-corrected chi connectivity index (χ0v) is 9.18. The van der Waals surface area contributed by atoms with Crippen LogP contribution in [0.1, 0.15) is 22.8 Å². The first-order chi connectivity index (χ1) is 7.51. The highest BCUT2D eigenvalue weighted by Gasteiger charge is 2.02. The number of amides is 1. The van der Waals surface area contributed by atoms with Crippen molar-refractivity contribution in [2.75, 3.05) is 0 Å². The van der Waals surface area contributed by atoms with Crippen LogP contribution >= 0.6 is 0 Å². The zero-order valence-electron chi connectivity index (χ0n) is 9.18. The normalized spacial score (nSPS) is 8.62. The van der Waals surface area contributed by atoms with Gasteiger partial charge in [0.05, 0.1) is 0 Å². The Bertz CT molecular complexity index is 330. The smallest absolute Gasteiger partial charge is 0.274 e. The number of hydrogen-bond acceptors (Lipinski definition) is 2. The quantitative estimate of drug-likeness (QED) is 0.403. The van der Waals surface area contributed by atoms with Gasteiger partial charge in [0.1, 0.15) is 0 Å². The van der Waals surface area contributed by atoms with Crippen LogP contribution in [0.25, 0.3) is 0 Å². The molecule has 1 rings (SSSR count). The largest absolute Gasteiger partial charge is 0.288 e. The molecule has 0 aromatic heterocycles. The summed E-state index contributed by atoms with van der Waals surface area (Å²) in [4.78, 5) is 10.9. The minimum Gasteiger partial charge on any atom is -0.288 e. The maximum Gasteiger partial charge on any atom is 0.274 e. The molecule has 2 N–H and O–H groups in total.